The highest BCUT2D eigenvalue weighted by Gasteiger charge is 2.28. The Kier molecular flexibility index (Phi) is 2.67. The molecule has 5 heteroatoms. The number of hydrogen-bond acceptors (Lipinski definition) is 2. The van der Waals surface area contributed by atoms with Gasteiger partial charge in [0.1, 0.15) is 5.67 Å². The van der Waals surface area contributed by atoms with Crippen molar-refractivity contribution in [1.29, 1.82) is 0 Å². The lowest BCUT2D eigenvalue weighted by Gasteiger charge is -2.20. The zero-order chi connectivity index (χ0) is 14.5. The quantitative estimate of drug-likeness (QED) is 0.780. The minimum atomic E-state index is -1.57. The van der Waals surface area contributed by atoms with Gasteiger partial charge in [0.05, 0.1) is 16.7 Å². The van der Waals surface area contributed by atoms with Crippen molar-refractivity contribution in [3.8, 4) is 0 Å². The van der Waals surface area contributed by atoms with E-state index in [9.17, 15) is 9.18 Å². The second-order valence-electron chi connectivity index (χ2n) is 5.24. The summed E-state index contributed by atoms with van der Waals surface area (Å²) in [5.74, 6) is 0.383. The van der Waals surface area contributed by atoms with Crippen LogP contribution in [0.5, 0.6) is 0 Å². The zero-order valence-electron chi connectivity index (χ0n) is 11.7. The van der Waals surface area contributed by atoms with E-state index in [-0.39, 0.29) is 5.56 Å². The second-order valence-corrected chi connectivity index (χ2v) is 5.24. The van der Waals surface area contributed by atoms with Gasteiger partial charge in [-0.15, -0.1) is 0 Å². The number of imidazole rings is 1. The highest BCUT2D eigenvalue weighted by atomic mass is 19.1. The number of nitrogens with one attached hydrogen (secondary N) is 1. The molecule has 0 saturated carbocycles. The van der Waals surface area contributed by atoms with E-state index < -0.39 is 5.67 Å². The number of alkyl halides is 1. The van der Waals surface area contributed by atoms with E-state index in [1.54, 1.807) is 13.8 Å². The van der Waals surface area contributed by atoms with Crippen molar-refractivity contribution in [1.82, 2.24) is 14.4 Å². The van der Waals surface area contributed by atoms with Crippen LogP contribution in [0.25, 0.3) is 16.8 Å². The predicted octanol–water partition coefficient (Wildman–Crippen LogP) is 3.08. The minimum absolute atomic E-state index is 0.222. The first-order valence-corrected chi connectivity index (χ1v) is 6.65. The Labute approximate surface area is 115 Å². The summed E-state index contributed by atoms with van der Waals surface area (Å²) in [5.41, 5.74) is 0.369. The summed E-state index contributed by atoms with van der Waals surface area (Å²) in [4.78, 5) is 19.9. The summed E-state index contributed by atoms with van der Waals surface area (Å²) >= 11 is 0. The molecule has 2 aromatic heterocycles. The van der Waals surface area contributed by atoms with Gasteiger partial charge in [0, 0.05) is 5.56 Å². The molecule has 0 amide bonds. The fraction of sp³-hybridized carbons (Fsp3) is 0.333. The maximum Gasteiger partial charge on any atom is 0.262 e. The molecular formula is C15H16FN3O. The third-order valence-corrected chi connectivity index (χ3v) is 3.88. The molecule has 1 N–H and O–H groups in total. The fourth-order valence-electron chi connectivity index (χ4n) is 2.49. The highest BCUT2D eigenvalue weighted by Crippen LogP contribution is 2.29. The van der Waals surface area contributed by atoms with Gasteiger partial charge in [-0.1, -0.05) is 19.1 Å². The first-order chi connectivity index (χ1) is 9.45. The fourth-order valence-corrected chi connectivity index (χ4v) is 2.49. The number of halogens is 1. The summed E-state index contributed by atoms with van der Waals surface area (Å²) in [5, 5.41) is 0. The van der Waals surface area contributed by atoms with Crippen LogP contribution in [0.3, 0.4) is 0 Å². The van der Waals surface area contributed by atoms with Crippen molar-refractivity contribution >= 4 is 16.8 Å². The van der Waals surface area contributed by atoms with Crippen LogP contribution in [0, 0.1) is 6.92 Å². The maximum atomic E-state index is 14.6. The molecule has 3 rings (SSSR count). The van der Waals surface area contributed by atoms with Crippen LogP contribution in [-0.4, -0.2) is 14.4 Å². The Balaban J connectivity index is 2.47. The molecule has 1 unspecified atom stereocenters. The van der Waals surface area contributed by atoms with E-state index in [0.29, 0.717) is 23.5 Å². The summed E-state index contributed by atoms with van der Waals surface area (Å²) in [6.07, 6.45) is 0.292. The van der Waals surface area contributed by atoms with Crippen molar-refractivity contribution in [3.05, 3.63) is 45.9 Å². The third kappa shape index (κ3) is 1.66. The van der Waals surface area contributed by atoms with E-state index in [2.05, 4.69) is 9.97 Å². The van der Waals surface area contributed by atoms with Gasteiger partial charge in [-0.25, -0.2) is 13.8 Å². The maximum absolute atomic E-state index is 14.6. The van der Waals surface area contributed by atoms with Crippen LogP contribution in [0.15, 0.2) is 29.1 Å². The summed E-state index contributed by atoms with van der Waals surface area (Å²) in [6.45, 7) is 4.88. The molecular weight excluding hydrogens is 257 g/mol. The van der Waals surface area contributed by atoms with Crippen LogP contribution in [-0.2, 0) is 5.67 Å². The van der Waals surface area contributed by atoms with Crippen molar-refractivity contribution < 1.29 is 4.39 Å². The van der Waals surface area contributed by atoms with Crippen LogP contribution in [0.1, 0.15) is 31.5 Å². The smallest absolute Gasteiger partial charge is 0.262 e. The van der Waals surface area contributed by atoms with Gasteiger partial charge < -0.3 is 4.98 Å². The number of rotatable bonds is 2. The van der Waals surface area contributed by atoms with Crippen molar-refractivity contribution in [2.24, 2.45) is 0 Å². The molecule has 1 aromatic carbocycles. The molecule has 1 atom stereocenters. The normalized spacial score (nSPS) is 14.8. The average Bonchev–Trinajstić information content (AvgIpc) is 2.81. The number of para-hydroxylation sites is 2. The van der Waals surface area contributed by atoms with Gasteiger partial charge >= 0.3 is 0 Å². The van der Waals surface area contributed by atoms with E-state index in [1.807, 2.05) is 24.3 Å². The Hall–Kier alpha value is -2.17. The average molecular weight is 273 g/mol. The number of fused-ring (bicyclic) bond motifs is 3. The summed E-state index contributed by atoms with van der Waals surface area (Å²) < 4.78 is 16.1. The van der Waals surface area contributed by atoms with E-state index in [1.165, 1.54) is 11.3 Å². The van der Waals surface area contributed by atoms with E-state index in [0.717, 1.165) is 11.0 Å². The van der Waals surface area contributed by atoms with Gasteiger partial charge in [0.25, 0.3) is 5.56 Å². The summed E-state index contributed by atoms with van der Waals surface area (Å²) in [7, 11) is 0. The molecule has 0 spiro atoms. The van der Waals surface area contributed by atoms with Gasteiger partial charge in [0.15, 0.2) is 0 Å². The predicted molar refractivity (Wildman–Crippen MR) is 76.8 cm³/mol. The molecule has 2 heterocycles. The standard InChI is InChI=1S/C15H16FN3O/c1-4-15(3,16)12-9(2)13(20)19-11-8-6-5-7-10(11)17-14(19)18-12/h5-8H,4H2,1-3H3,(H,17,18). The number of nitrogens with zero attached hydrogens (tertiary/aromatic N) is 2. The van der Waals surface area contributed by atoms with E-state index >= 15 is 0 Å². The van der Waals surface area contributed by atoms with Crippen LogP contribution in [0.4, 0.5) is 4.39 Å². The number of aromatic amines is 1. The van der Waals surface area contributed by atoms with Gasteiger partial charge in [-0.3, -0.25) is 4.79 Å². The monoisotopic (exact) mass is 273 g/mol. The zero-order valence-corrected chi connectivity index (χ0v) is 11.7. The Morgan fingerprint density at radius 2 is 2.10 bits per heavy atom. The lowest BCUT2D eigenvalue weighted by atomic mass is 9.98. The van der Waals surface area contributed by atoms with Crippen LogP contribution >= 0.6 is 0 Å². The van der Waals surface area contributed by atoms with Gasteiger partial charge in [-0.05, 0) is 32.4 Å². The molecule has 20 heavy (non-hydrogen) atoms. The molecule has 0 aliphatic carbocycles. The van der Waals surface area contributed by atoms with E-state index in [4.69, 9.17) is 0 Å². The van der Waals surface area contributed by atoms with Gasteiger partial charge in [0.2, 0.25) is 5.78 Å². The molecule has 4 nitrogen and oxygen atoms in total. The SMILES string of the molecule is CCC(C)(F)c1[nH]c2nc3ccccc3n2c(=O)c1C. The largest absolute Gasteiger partial charge is 0.325 e. The van der Waals surface area contributed by atoms with Crippen molar-refractivity contribution in [2.75, 3.05) is 0 Å². The molecule has 0 aliphatic rings. The lowest BCUT2D eigenvalue weighted by Crippen LogP contribution is -2.26. The molecule has 3 aromatic rings. The number of aromatic nitrogens is 3. The van der Waals surface area contributed by atoms with Crippen LogP contribution < -0.4 is 5.56 Å². The minimum Gasteiger partial charge on any atom is -0.325 e. The molecule has 0 aliphatic heterocycles. The van der Waals surface area contributed by atoms with Crippen molar-refractivity contribution in [3.63, 3.8) is 0 Å². The molecule has 0 radical (unpaired) electrons. The Morgan fingerprint density at radius 3 is 2.80 bits per heavy atom. The molecule has 0 bridgehead atoms. The Bertz CT molecular complexity index is 861. The topological polar surface area (TPSA) is 50.2 Å². The molecule has 0 saturated heterocycles. The summed E-state index contributed by atoms with van der Waals surface area (Å²) in [6, 6.07) is 7.38. The van der Waals surface area contributed by atoms with Gasteiger partial charge in [-0.2, -0.15) is 0 Å². The number of benzene rings is 1. The first kappa shape index (κ1) is 12.8. The van der Waals surface area contributed by atoms with Crippen molar-refractivity contribution in [2.45, 2.75) is 32.9 Å². The molecule has 104 valence electrons. The first-order valence-electron chi connectivity index (χ1n) is 6.65. The molecule has 0 fully saturated rings. The number of hydrogen-bond donors (Lipinski definition) is 1. The third-order valence-electron chi connectivity index (χ3n) is 3.88. The Morgan fingerprint density at radius 1 is 1.40 bits per heavy atom. The van der Waals surface area contributed by atoms with Crippen LogP contribution in [0.2, 0.25) is 0 Å². The highest BCUT2D eigenvalue weighted by molar-refractivity contribution is 5.79. The number of H-pyrrole nitrogens is 1. The second kappa shape index (κ2) is 4.16. The lowest BCUT2D eigenvalue weighted by molar-refractivity contribution is 0.177.